The van der Waals surface area contributed by atoms with Crippen LogP contribution in [-0.4, -0.2) is 61.6 Å². The fourth-order valence-electron chi connectivity index (χ4n) is 2.56. The Labute approximate surface area is 145 Å². The molecule has 0 saturated carbocycles. The minimum atomic E-state index is -0.481. The highest BCUT2D eigenvalue weighted by Gasteiger charge is 2.21. The summed E-state index contributed by atoms with van der Waals surface area (Å²) < 4.78 is 6.37. The number of methoxy groups -OCH3 is 1. The summed E-state index contributed by atoms with van der Waals surface area (Å²) >= 11 is 0. The Kier molecular flexibility index (Phi) is 4.41. The maximum atomic E-state index is 11.7. The Hall–Kier alpha value is -2.94. The molecule has 0 aliphatic rings. The predicted molar refractivity (Wildman–Crippen MR) is 90.6 cm³/mol. The van der Waals surface area contributed by atoms with Gasteiger partial charge in [0, 0.05) is 18.3 Å². The average molecular weight is 343 g/mol. The first kappa shape index (κ1) is 16.9. The smallest absolute Gasteiger partial charge is 0.358 e. The number of hydrogen-bond donors (Lipinski definition) is 0. The van der Waals surface area contributed by atoms with Crippen LogP contribution in [0.1, 0.15) is 27.3 Å². The summed E-state index contributed by atoms with van der Waals surface area (Å²) in [6.45, 7) is 4.58. The lowest BCUT2D eigenvalue weighted by molar-refractivity contribution is 0.0593. The zero-order valence-electron chi connectivity index (χ0n) is 15.0. The fraction of sp³-hybridized carbons (Fsp3) is 0.375. The first-order valence-electron chi connectivity index (χ1n) is 7.80. The van der Waals surface area contributed by atoms with Crippen LogP contribution in [0, 0.1) is 13.8 Å². The van der Waals surface area contributed by atoms with Gasteiger partial charge in [0.05, 0.1) is 25.2 Å². The van der Waals surface area contributed by atoms with Crippen LogP contribution in [0.2, 0.25) is 0 Å². The Morgan fingerprint density at radius 1 is 1.28 bits per heavy atom. The van der Waals surface area contributed by atoms with Gasteiger partial charge in [-0.1, -0.05) is 0 Å². The van der Waals surface area contributed by atoms with Crippen molar-refractivity contribution >= 4 is 5.97 Å². The van der Waals surface area contributed by atoms with Crippen molar-refractivity contribution in [1.29, 1.82) is 0 Å². The number of rotatable bonds is 5. The summed E-state index contributed by atoms with van der Waals surface area (Å²) in [6.07, 6.45) is 5.35. The van der Waals surface area contributed by atoms with Gasteiger partial charge in [-0.15, -0.1) is 4.79 Å². The number of ether oxygens (including phenoxy) is 1. The summed E-state index contributed by atoms with van der Waals surface area (Å²) in [5.41, 5.74) is 3.12. The van der Waals surface area contributed by atoms with Crippen molar-refractivity contribution in [2.75, 3.05) is 21.2 Å². The zero-order valence-corrected chi connectivity index (χ0v) is 15.0. The van der Waals surface area contributed by atoms with E-state index in [0.29, 0.717) is 6.54 Å². The van der Waals surface area contributed by atoms with Crippen LogP contribution in [0.5, 0.6) is 0 Å². The molecule has 0 fully saturated rings. The summed E-state index contributed by atoms with van der Waals surface area (Å²) in [7, 11) is 5.31. The maximum Gasteiger partial charge on any atom is 0.358 e. The number of aryl methyl sites for hydroxylation is 2. The summed E-state index contributed by atoms with van der Waals surface area (Å²) in [6, 6.07) is 1.62. The second-order valence-corrected chi connectivity index (χ2v) is 6.09. The minimum Gasteiger partial charge on any atom is -0.464 e. The van der Waals surface area contributed by atoms with Gasteiger partial charge in [-0.2, -0.15) is 20.1 Å². The van der Waals surface area contributed by atoms with Crippen molar-refractivity contribution in [2.45, 2.75) is 20.4 Å². The molecule has 0 spiro atoms. The molecule has 0 saturated heterocycles. The van der Waals surface area contributed by atoms with Gasteiger partial charge in [0.2, 0.25) is 0 Å². The molecule has 3 aromatic rings. The lowest BCUT2D eigenvalue weighted by atomic mass is 10.2. The van der Waals surface area contributed by atoms with E-state index < -0.39 is 5.97 Å². The van der Waals surface area contributed by atoms with E-state index in [-0.39, 0.29) is 5.69 Å². The average Bonchev–Trinajstić information content (AvgIpc) is 3.26. The predicted octanol–water partition coefficient (Wildman–Crippen LogP) is 1.04. The zero-order chi connectivity index (χ0) is 18.1. The Morgan fingerprint density at radius 3 is 2.64 bits per heavy atom. The van der Waals surface area contributed by atoms with Crippen LogP contribution in [0.3, 0.4) is 0 Å². The third-order valence-corrected chi connectivity index (χ3v) is 3.71. The second-order valence-electron chi connectivity index (χ2n) is 6.09. The Balaban J connectivity index is 2.17. The number of carbonyl (C=O) groups excluding carboxylic acids is 1. The lowest BCUT2D eigenvalue weighted by Gasteiger charge is -2.12. The molecular weight excluding hydrogens is 322 g/mol. The fourth-order valence-corrected chi connectivity index (χ4v) is 2.56. The molecule has 0 aliphatic carbocycles. The molecule has 0 N–H and O–H groups in total. The molecule has 0 aromatic carbocycles. The van der Waals surface area contributed by atoms with Gasteiger partial charge in [0.15, 0.2) is 11.5 Å². The van der Waals surface area contributed by atoms with E-state index >= 15 is 0 Å². The normalized spacial score (nSPS) is 11.3. The van der Waals surface area contributed by atoms with E-state index in [1.54, 1.807) is 32.7 Å². The van der Waals surface area contributed by atoms with Gasteiger partial charge >= 0.3 is 5.97 Å². The van der Waals surface area contributed by atoms with Crippen molar-refractivity contribution in [3.05, 3.63) is 47.2 Å². The summed E-state index contributed by atoms with van der Waals surface area (Å²) in [5.74, 6) is 0.245. The monoisotopic (exact) mass is 343 g/mol. The molecule has 9 heteroatoms. The number of esters is 1. The Bertz CT molecular complexity index is 904. The molecule has 0 amide bonds. The van der Waals surface area contributed by atoms with Crippen molar-refractivity contribution in [1.82, 2.24) is 34.5 Å². The van der Waals surface area contributed by atoms with Gasteiger partial charge in [-0.05, 0) is 39.6 Å². The molecule has 0 bridgehead atoms. The maximum absolute atomic E-state index is 11.7. The Morgan fingerprint density at radius 2 is 2.04 bits per heavy atom. The van der Waals surface area contributed by atoms with Crippen LogP contribution in [0.15, 0.2) is 24.7 Å². The van der Waals surface area contributed by atoms with Gasteiger partial charge in [-0.3, -0.25) is 0 Å². The van der Waals surface area contributed by atoms with Crippen LogP contribution in [-0.2, 0) is 11.3 Å². The highest BCUT2D eigenvalue weighted by atomic mass is 16.5. The van der Waals surface area contributed by atoms with Gasteiger partial charge in [-0.25, -0.2) is 9.48 Å². The summed E-state index contributed by atoms with van der Waals surface area (Å²) in [4.78, 5) is 17.1. The largest absolute Gasteiger partial charge is 0.464 e. The highest BCUT2D eigenvalue weighted by Crippen LogP contribution is 2.20. The highest BCUT2D eigenvalue weighted by molar-refractivity contribution is 5.86. The van der Waals surface area contributed by atoms with E-state index in [0.717, 1.165) is 22.6 Å². The molecule has 0 unspecified atom stereocenters. The molecule has 3 rings (SSSR count). The lowest BCUT2D eigenvalue weighted by Crippen LogP contribution is -2.19. The molecule has 3 aromatic heterocycles. The van der Waals surface area contributed by atoms with Crippen molar-refractivity contribution in [2.24, 2.45) is 0 Å². The number of carbonyl (C=O) groups is 1. The number of aromatic nitrogens is 6. The van der Waals surface area contributed by atoms with Crippen LogP contribution < -0.4 is 0 Å². The molecule has 0 radical (unpaired) electrons. The van der Waals surface area contributed by atoms with Crippen LogP contribution in [0.4, 0.5) is 0 Å². The van der Waals surface area contributed by atoms with Crippen molar-refractivity contribution < 1.29 is 9.53 Å². The first-order chi connectivity index (χ1) is 11.9. The molecule has 132 valence electrons. The molecule has 0 aliphatic heterocycles. The van der Waals surface area contributed by atoms with E-state index in [9.17, 15) is 4.79 Å². The van der Waals surface area contributed by atoms with Crippen LogP contribution in [0.25, 0.3) is 5.82 Å². The molecular formula is C16H21N7O2. The van der Waals surface area contributed by atoms with Gasteiger partial charge in [0.25, 0.3) is 0 Å². The van der Waals surface area contributed by atoms with Crippen LogP contribution >= 0.6 is 0 Å². The third kappa shape index (κ3) is 3.18. The van der Waals surface area contributed by atoms with Gasteiger partial charge < -0.3 is 9.64 Å². The molecule has 25 heavy (non-hydrogen) atoms. The first-order valence-corrected chi connectivity index (χ1v) is 7.80. The molecule has 9 nitrogen and oxygen atoms in total. The molecule has 0 atom stereocenters. The van der Waals surface area contributed by atoms with Crippen molar-refractivity contribution in [3.8, 4) is 5.82 Å². The third-order valence-electron chi connectivity index (χ3n) is 3.71. The number of nitrogens with zero attached hydrogens (tertiary/aromatic N) is 7. The van der Waals surface area contributed by atoms with Crippen molar-refractivity contribution in [3.63, 3.8) is 0 Å². The standard InChI is InChI=1S/C16H21N7O2/c1-11-8-17-22(9-11)23-15(13(10-20(3)4)12(2)18-23)21-7-6-14(19-21)16(24)25-5/h6-9H,10H2,1-5H3. The van der Waals surface area contributed by atoms with Gasteiger partial charge in [0.1, 0.15) is 0 Å². The van der Waals surface area contributed by atoms with E-state index in [4.69, 9.17) is 4.74 Å². The minimum absolute atomic E-state index is 0.236. The topological polar surface area (TPSA) is 83.0 Å². The quantitative estimate of drug-likeness (QED) is 0.644. The SMILES string of the molecule is COC(=O)c1ccn(-c2c(CN(C)C)c(C)nn2-n2cc(C)cn2)n1. The van der Waals surface area contributed by atoms with E-state index in [1.807, 2.05) is 34.1 Å². The summed E-state index contributed by atoms with van der Waals surface area (Å²) in [5, 5.41) is 13.3. The molecule has 3 heterocycles. The van der Waals surface area contributed by atoms with E-state index in [2.05, 4.69) is 20.2 Å². The second kappa shape index (κ2) is 6.52. The van der Waals surface area contributed by atoms with E-state index in [1.165, 1.54) is 7.11 Å². The number of hydrogen-bond acceptors (Lipinski definition) is 6.